The van der Waals surface area contributed by atoms with Crippen molar-refractivity contribution in [2.75, 3.05) is 0 Å². The first kappa shape index (κ1) is 12.2. The zero-order valence-corrected chi connectivity index (χ0v) is 10.1. The topological polar surface area (TPSA) is 26.0 Å². The Bertz CT molecular complexity index is 392. The monoisotopic (exact) mass is 269 g/mol. The highest BCUT2D eigenvalue weighted by Gasteiger charge is 2.12. The maximum absolute atomic E-state index is 13.6. The quantitative estimate of drug-likeness (QED) is 0.837. The molecule has 80 valence electrons. The fourth-order valence-corrected chi connectivity index (χ4v) is 1.70. The lowest BCUT2D eigenvalue weighted by Gasteiger charge is -2.11. The Kier molecular flexibility index (Phi) is 4.80. The minimum atomic E-state index is -0.289. The summed E-state index contributed by atoms with van der Waals surface area (Å²) in [6, 6.07) is 4.87. The van der Waals surface area contributed by atoms with Crippen LogP contribution in [-0.4, -0.2) is 0 Å². The highest BCUT2D eigenvalue weighted by atomic mass is 79.9. The van der Waals surface area contributed by atoms with Crippen molar-refractivity contribution in [2.24, 2.45) is 5.73 Å². The molecule has 1 aromatic carbocycles. The number of rotatable bonds is 3. The molecule has 1 aromatic rings. The van der Waals surface area contributed by atoms with Crippen LogP contribution in [0.25, 0.3) is 0 Å². The third-order valence-electron chi connectivity index (χ3n) is 2.14. The molecule has 15 heavy (non-hydrogen) atoms. The molecule has 0 aliphatic carbocycles. The second-order valence-corrected chi connectivity index (χ2v) is 4.07. The summed E-state index contributed by atoms with van der Waals surface area (Å²) in [4.78, 5) is 0. The molecule has 0 bridgehead atoms. The van der Waals surface area contributed by atoms with Gasteiger partial charge in [-0.3, -0.25) is 0 Å². The van der Waals surface area contributed by atoms with Crippen molar-refractivity contribution >= 4 is 15.9 Å². The average Bonchev–Trinajstić information content (AvgIpc) is 2.22. The van der Waals surface area contributed by atoms with Crippen LogP contribution in [-0.2, 0) is 0 Å². The molecular formula is C12H13BrFN. The smallest absolute Gasteiger partial charge is 0.142 e. The van der Waals surface area contributed by atoms with Crippen molar-refractivity contribution in [3.63, 3.8) is 0 Å². The predicted octanol–water partition coefficient (Wildman–Crippen LogP) is 3.39. The molecule has 1 nitrogen and oxygen atoms in total. The summed E-state index contributed by atoms with van der Waals surface area (Å²) < 4.78 is 14.1. The van der Waals surface area contributed by atoms with Gasteiger partial charge in [-0.2, -0.15) is 0 Å². The van der Waals surface area contributed by atoms with E-state index in [1.807, 2.05) is 0 Å². The Morgan fingerprint density at radius 1 is 1.53 bits per heavy atom. The molecule has 0 saturated heterocycles. The highest BCUT2D eigenvalue weighted by molar-refractivity contribution is 9.10. The van der Waals surface area contributed by atoms with Crippen molar-refractivity contribution in [1.82, 2.24) is 0 Å². The van der Waals surface area contributed by atoms with E-state index in [-0.39, 0.29) is 11.9 Å². The summed E-state index contributed by atoms with van der Waals surface area (Å²) in [5.74, 6) is 5.44. The number of halogens is 2. The zero-order chi connectivity index (χ0) is 11.3. The molecule has 1 unspecified atom stereocenters. The van der Waals surface area contributed by atoms with E-state index in [1.165, 1.54) is 0 Å². The Balaban J connectivity index is 2.76. The van der Waals surface area contributed by atoms with E-state index in [1.54, 1.807) is 25.1 Å². The van der Waals surface area contributed by atoms with E-state index in [2.05, 4.69) is 27.8 Å². The SMILES string of the molecule is CC#CCCC(N)c1cccc(Br)c1F. The van der Waals surface area contributed by atoms with Gasteiger partial charge < -0.3 is 5.73 Å². The van der Waals surface area contributed by atoms with E-state index in [0.717, 1.165) is 0 Å². The van der Waals surface area contributed by atoms with Crippen LogP contribution in [0.5, 0.6) is 0 Å². The van der Waals surface area contributed by atoms with Crippen LogP contribution in [0.2, 0.25) is 0 Å². The van der Waals surface area contributed by atoms with Crippen molar-refractivity contribution in [3.05, 3.63) is 34.1 Å². The Morgan fingerprint density at radius 2 is 2.27 bits per heavy atom. The molecule has 0 amide bonds. The van der Waals surface area contributed by atoms with Crippen molar-refractivity contribution in [1.29, 1.82) is 0 Å². The summed E-state index contributed by atoms with van der Waals surface area (Å²) in [6.07, 6.45) is 1.37. The average molecular weight is 270 g/mol. The summed E-state index contributed by atoms with van der Waals surface area (Å²) >= 11 is 3.14. The van der Waals surface area contributed by atoms with Crippen LogP contribution in [0, 0.1) is 17.7 Å². The van der Waals surface area contributed by atoms with Gasteiger partial charge in [0.05, 0.1) is 4.47 Å². The van der Waals surface area contributed by atoms with Gasteiger partial charge in [0.25, 0.3) is 0 Å². The third-order valence-corrected chi connectivity index (χ3v) is 2.75. The van der Waals surface area contributed by atoms with Gasteiger partial charge in [-0.1, -0.05) is 12.1 Å². The minimum Gasteiger partial charge on any atom is -0.324 e. The van der Waals surface area contributed by atoms with E-state index in [4.69, 9.17) is 5.73 Å². The molecule has 1 atom stereocenters. The molecule has 2 N–H and O–H groups in total. The normalized spacial score (nSPS) is 11.7. The van der Waals surface area contributed by atoms with Gasteiger partial charge in [0, 0.05) is 18.0 Å². The third kappa shape index (κ3) is 3.33. The molecular weight excluding hydrogens is 257 g/mol. The maximum Gasteiger partial charge on any atom is 0.142 e. The lowest BCUT2D eigenvalue weighted by Crippen LogP contribution is -2.12. The van der Waals surface area contributed by atoms with Crippen molar-refractivity contribution < 1.29 is 4.39 Å². The van der Waals surface area contributed by atoms with Crippen LogP contribution in [0.1, 0.15) is 31.4 Å². The highest BCUT2D eigenvalue weighted by Crippen LogP contribution is 2.24. The molecule has 1 rings (SSSR count). The van der Waals surface area contributed by atoms with E-state index in [0.29, 0.717) is 22.9 Å². The molecule has 0 fully saturated rings. The van der Waals surface area contributed by atoms with Crippen LogP contribution in [0.3, 0.4) is 0 Å². The Labute approximate surface area is 98.0 Å². The number of hydrogen-bond donors (Lipinski definition) is 1. The second-order valence-electron chi connectivity index (χ2n) is 3.21. The Hall–Kier alpha value is -0.850. The summed E-state index contributed by atoms with van der Waals surface area (Å²) in [5, 5.41) is 0. The van der Waals surface area contributed by atoms with Crippen molar-refractivity contribution in [3.8, 4) is 11.8 Å². The van der Waals surface area contributed by atoms with Gasteiger partial charge in [0.2, 0.25) is 0 Å². The van der Waals surface area contributed by atoms with Crippen molar-refractivity contribution in [2.45, 2.75) is 25.8 Å². The molecule has 0 spiro atoms. The van der Waals surface area contributed by atoms with Gasteiger partial charge in [0.15, 0.2) is 0 Å². The van der Waals surface area contributed by atoms with Crippen LogP contribution in [0.4, 0.5) is 4.39 Å². The second kappa shape index (κ2) is 5.89. The van der Waals surface area contributed by atoms with Gasteiger partial charge >= 0.3 is 0 Å². The molecule has 0 aromatic heterocycles. The van der Waals surface area contributed by atoms with Crippen LogP contribution < -0.4 is 5.73 Å². The van der Waals surface area contributed by atoms with Gasteiger partial charge in [-0.25, -0.2) is 4.39 Å². The zero-order valence-electron chi connectivity index (χ0n) is 8.56. The van der Waals surface area contributed by atoms with Crippen LogP contribution >= 0.6 is 15.9 Å². The number of nitrogens with two attached hydrogens (primary N) is 1. The van der Waals surface area contributed by atoms with Gasteiger partial charge in [0.1, 0.15) is 5.82 Å². The minimum absolute atomic E-state index is 0.269. The molecule has 0 saturated carbocycles. The summed E-state index contributed by atoms with van der Waals surface area (Å²) in [5.41, 5.74) is 6.42. The molecule has 0 heterocycles. The van der Waals surface area contributed by atoms with E-state index >= 15 is 0 Å². The first-order valence-corrected chi connectivity index (χ1v) is 5.55. The fourth-order valence-electron chi connectivity index (χ4n) is 1.32. The first-order chi connectivity index (χ1) is 7.16. The molecule has 0 aliphatic rings. The standard InChI is InChI=1S/C12H13BrFN/c1-2-3-4-8-11(15)9-6-5-7-10(13)12(9)14/h5-7,11H,4,8,15H2,1H3. The predicted molar refractivity (Wildman–Crippen MR) is 63.7 cm³/mol. The van der Waals surface area contributed by atoms with Crippen LogP contribution in [0.15, 0.2) is 22.7 Å². The Morgan fingerprint density at radius 3 is 2.93 bits per heavy atom. The molecule has 0 aliphatic heterocycles. The lowest BCUT2D eigenvalue weighted by molar-refractivity contribution is 0.563. The maximum atomic E-state index is 13.6. The van der Waals surface area contributed by atoms with E-state index < -0.39 is 0 Å². The number of hydrogen-bond acceptors (Lipinski definition) is 1. The first-order valence-electron chi connectivity index (χ1n) is 4.76. The fraction of sp³-hybridized carbons (Fsp3) is 0.333. The largest absolute Gasteiger partial charge is 0.324 e. The number of benzene rings is 1. The van der Waals surface area contributed by atoms with E-state index in [9.17, 15) is 4.39 Å². The molecule has 3 heteroatoms. The molecule has 0 radical (unpaired) electrons. The summed E-state index contributed by atoms with van der Waals surface area (Å²) in [6.45, 7) is 1.78. The summed E-state index contributed by atoms with van der Waals surface area (Å²) in [7, 11) is 0. The van der Waals surface area contributed by atoms with Gasteiger partial charge in [-0.05, 0) is 35.3 Å². The van der Waals surface area contributed by atoms with Gasteiger partial charge in [-0.15, -0.1) is 11.8 Å². The lowest BCUT2D eigenvalue weighted by atomic mass is 10.0.